The first-order valence-corrected chi connectivity index (χ1v) is 5.28. The molecule has 2 rings (SSSR count). The van der Waals surface area contributed by atoms with Crippen LogP contribution in [-0.4, -0.2) is 0 Å². The summed E-state index contributed by atoms with van der Waals surface area (Å²) in [5.74, 6) is 0.105. The van der Waals surface area contributed by atoms with Crippen LogP contribution in [0.25, 0.3) is 11.1 Å². The Hall–Kier alpha value is -0.384. The molecule has 17 heavy (non-hydrogen) atoms. The molecule has 2 aromatic carbocycles. The quantitative estimate of drug-likeness (QED) is 0.560. The zero-order valence-corrected chi connectivity index (χ0v) is 13.1. The number of benzene rings is 2. The molecule has 0 aliphatic rings. The summed E-state index contributed by atoms with van der Waals surface area (Å²) in [5.41, 5.74) is 2.54. The molecule has 0 atom stereocenters. The minimum atomic E-state index is 0. The minimum Gasteiger partial charge on any atom is -0.872 e. The molecule has 0 saturated heterocycles. The van der Waals surface area contributed by atoms with Crippen LogP contribution in [0.5, 0.6) is 5.75 Å². The van der Waals surface area contributed by atoms with Crippen molar-refractivity contribution in [1.82, 2.24) is 0 Å². The Bertz CT molecular complexity index is 492. The van der Waals surface area contributed by atoms with Crippen LogP contribution in [-0.2, 0) is 6.42 Å². The van der Waals surface area contributed by atoms with Crippen molar-refractivity contribution in [3.05, 3.63) is 66.7 Å². The van der Waals surface area contributed by atoms with Crippen LogP contribution in [0, 0.1) is 0 Å². The third-order valence-corrected chi connectivity index (χ3v) is 2.55. The fourth-order valence-corrected chi connectivity index (χ4v) is 1.75. The van der Waals surface area contributed by atoms with E-state index in [-0.39, 0.29) is 57.1 Å². The number of allylic oxidation sites excluding steroid dienone is 1. The average Bonchev–Trinajstić information content (AvgIpc) is 2.33. The van der Waals surface area contributed by atoms with Crippen molar-refractivity contribution in [1.29, 1.82) is 0 Å². The maximum Gasteiger partial charge on any atom is 1.00 e. The average molecular weight is 248 g/mol. The zero-order chi connectivity index (χ0) is 11.4. The zero-order valence-electron chi connectivity index (χ0n) is 10.0. The first kappa shape index (κ1) is 14.7. The van der Waals surface area contributed by atoms with Crippen LogP contribution < -0.4 is 56.5 Å². The third kappa shape index (κ3) is 3.54. The van der Waals surface area contributed by atoms with Gasteiger partial charge in [-0.1, -0.05) is 65.9 Å². The van der Waals surface area contributed by atoms with Gasteiger partial charge in [-0.3, -0.25) is 0 Å². The fourth-order valence-electron chi connectivity index (χ4n) is 1.75. The summed E-state index contributed by atoms with van der Waals surface area (Å²) in [5, 5.41) is 12.1. The molecule has 0 amide bonds. The summed E-state index contributed by atoms with van der Waals surface area (Å²) in [7, 11) is 0. The first-order valence-electron chi connectivity index (χ1n) is 5.28. The van der Waals surface area contributed by atoms with E-state index in [4.69, 9.17) is 0 Å². The van der Waals surface area contributed by atoms with Gasteiger partial charge in [0, 0.05) is 0 Å². The molecule has 0 radical (unpaired) electrons. The van der Waals surface area contributed by atoms with Gasteiger partial charge in [-0.05, 0) is 17.5 Å². The van der Waals surface area contributed by atoms with E-state index in [2.05, 4.69) is 6.58 Å². The third-order valence-electron chi connectivity index (χ3n) is 2.55. The maximum absolute atomic E-state index is 12.1. The van der Waals surface area contributed by atoms with Gasteiger partial charge >= 0.3 is 51.4 Å². The molecule has 0 N–H and O–H groups in total. The Morgan fingerprint density at radius 3 is 2.35 bits per heavy atom. The van der Waals surface area contributed by atoms with Crippen LogP contribution in [0.15, 0.2) is 61.2 Å². The minimum absolute atomic E-state index is 0. The molecule has 0 spiro atoms. The number of hydrogen-bond acceptors (Lipinski definition) is 1. The molecule has 0 fully saturated rings. The summed E-state index contributed by atoms with van der Waals surface area (Å²) in [6.45, 7) is 3.66. The van der Waals surface area contributed by atoms with Crippen molar-refractivity contribution < 1.29 is 56.5 Å². The van der Waals surface area contributed by atoms with E-state index in [9.17, 15) is 5.11 Å². The van der Waals surface area contributed by atoms with Crippen molar-refractivity contribution >= 4 is 0 Å². The van der Waals surface area contributed by atoms with E-state index >= 15 is 0 Å². The fraction of sp³-hybridized carbons (Fsp3) is 0.0667. The van der Waals surface area contributed by atoms with E-state index in [1.54, 1.807) is 6.08 Å². The van der Waals surface area contributed by atoms with Crippen molar-refractivity contribution in [2.75, 3.05) is 0 Å². The van der Waals surface area contributed by atoms with Gasteiger partial charge in [0.15, 0.2) is 0 Å². The number of hydrogen-bond donors (Lipinski definition) is 0. The monoisotopic (exact) mass is 248 g/mol. The summed E-state index contributed by atoms with van der Waals surface area (Å²) in [6.07, 6.45) is 2.38. The molecule has 80 valence electrons. The molecule has 0 aliphatic carbocycles. The molecular formula is C15H13KO. The van der Waals surface area contributed by atoms with Crippen molar-refractivity contribution in [2.24, 2.45) is 0 Å². The topological polar surface area (TPSA) is 23.1 Å². The van der Waals surface area contributed by atoms with Gasteiger partial charge in [-0.15, -0.1) is 6.58 Å². The van der Waals surface area contributed by atoms with E-state index in [0.717, 1.165) is 16.7 Å². The summed E-state index contributed by atoms with van der Waals surface area (Å²) in [4.78, 5) is 0. The van der Waals surface area contributed by atoms with Crippen molar-refractivity contribution in [2.45, 2.75) is 6.42 Å². The van der Waals surface area contributed by atoms with E-state index in [0.29, 0.717) is 6.42 Å². The first-order chi connectivity index (χ1) is 7.83. The number of rotatable bonds is 3. The molecule has 0 aromatic heterocycles. The van der Waals surface area contributed by atoms with Crippen molar-refractivity contribution in [3.63, 3.8) is 0 Å². The van der Waals surface area contributed by atoms with Crippen LogP contribution in [0.1, 0.15) is 5.56 Å². The largest absolute Gasteiger partial charge is 1.00 e. The van der Waals surface area contributed by atoms with E-state index in [1.165, 1.54) is 0 Å². The Balaban J connectivity index is 0.00000144. The van der Waals surface area contributed by atoms with Crippen LogP contribution >= 0.6 is 0 Å². The van der Waals surface area contributed by atoms with E-state index < -0.39 is 0 Å². The van der Waals surface area contributed by atoms with Crippen LogP contribution in [0.3, 0.4) is 0 Å². The smallest absolute Gasteiger partial charge is 0.872 e. The summed E-state index contributed by atoms with van der Waals surface area (Å²) in [6, 6.07) is 15.4. The molecule has 0 saturated carbocycles. The molecule has 1 nitrogen and oxygen atoms in total. The van der Waals surface area contributed by atoms with Gasteiger partial charge in [0.25, 0.3) is 0 Å². The van der Waals surface area contributed by atoms with Gasteiger partial charge in [-0.2, -0.15) is 0 Å². The molecule has 0 heterocycles. The molecule has 2 heteroatoms. The predicted octanol–water partition coefficient (Wildman–Crippen LogP) is 0.160. The van der Waals surface area contributed by atoms with Gasteiger partial charge in [0.1, 0.15) is 0 Å². The molecule has 0 unspecified atom stereocenters. The summed E-state index contributed by atoms with van der Waals surface area (Å²) >= 11 is 0. The maximum atomic E-state index is 12.1. The van der Waals surface area contributed by atoms with Gasteiger partial charge < -0.3 is 5.11 Å². The Labute approximate surface area is 145 Å². The Morgan fingerprint density at radius 2 is 1.71 bits per heavy atom. The van der Waals surface area contributed by atoms with Gasteiger partial charge in [0.05, 0.1) is 0 Å². The Kier molecular flexibility index (Phi) is 6.16. The van der Waals surface area contributed by atoms with Crippen LogP contribution in [0.2, 0.25) is 0 Å². The normalized spacial score (nSPS) is 9.41. The van der Waals surface area contributed by atoms with Gasteiger partial charge in [-0.25, -0.2) is 0 Å². The van der Waals surface area contributed by atoms with Crippen LogP contribution in [0.4, 0.5) is 0 Å². The van der Waals surface area contributed by atoms with Gasteiger partial charge in [0.2, 0.25) is 0 Å². The standard InChI is InChI=1S/C15H14O.K/c1-2-7-13-10-6-11-14(15(13)16)12-8-4-3-5-9-12;/h2-6,8-11,16H,1,7H2;/q;+1/p-1. The summed E-state index contributed by atoms with van der Waals surface area (Å²) < 4.78 is 0. The second-order valence-electron chi connectivity index (χ2n) is 3.65. The Morgan fingerprint density at radius 1 is 1.00 bits per heavy atom. The second kappa shape index (κ2) is 7.14. The van der Waals surface area contributed by atoms with Crippen molar-refractivity contribution in [3.8, 4) is 16.9 Å². The predicted molar refractivity (Wildman–Crippen MR) is 65.2 cm³/mol. The molecule has 0 bridgehead atoms. The van der Waals surface area contributed by atoms with E-state index in [1.807, 2.05) is 48.5 Å². The second-order valence-corrected chi connectivity index (χ2v) is 3.65. The molecule has 2 aromatic rings. The SMILES string of the molecule is C=CCc1cccc(-c2ccccc2)c1[O-].[K+]. The number of para-hydroxylation sites is 1. The molecule has 0 aliphatic heterocycles. The molecular weight excluding hydrogens is 235 g/mol.